The third-order valence-corrected chi connectivity index (χ3v) is 2.85. The maximum absolute atomic E-state index is 5.89. The van der Waals surface area contributed by atoms with Gasteiger partial charge in [-0.3, -0.25) is 0 Å². The molecule has 0 saturated carbocycles. The van der Waals surface area contributed by atoms with Crippen LogP contribution in [0.2, 0.25) is 0 Å². The molecule has 2 rings (SSSR count). The van der Waals surface area contributed by atoms with Crippen molar-refractivity contribution in [2.45, 2.75) is 12.8 Å². The molecule has 2 aliphatic rings. The van der Waals surface area contributed by atoms with Gasteiger partial charge in [-0.2, -0.15) is 0 Å². The van der Waals surface area contributed by atoms with Crippen molar-refractivity contribution < 1.29 is 0 Å². The maximum atomic E-state index is 5.89. The van der Waals surface area contributed by atoms with Gasteiger partial charge in [0.2, 0.25) is 0 Å². The molecule has 0 amide bonds. The zero-order valence-electron chi connectivity index (χ0n) is 5.96. The number of hydrogen-bond donors (Lipinski definition) is 0. The van der Waals surface area contributed by atoms with Crippen molar-refractivity contribution in [1.82, 2.24) is 4.42 Å². The van der Waals surface area contributed by atoms with Crippen molar-refractivity contribution in [3.05, 3.63) is 12.2 Å². The van der Waals surface area contributed by atoms with E-state index in [1.807, 2.05) is 4.42 Å². The van der Waals surface area contributed by atoms with Crippen LogP contribution in [0, 0.1) is 11.8 Å². The van der Waals surface area contributed by atoms with Gasteiger partial charge in [-0.1, -0.05) is 12.2 Å². The van der Waals surface area contributed by atoms with Crippen LogP contribution in [0.3, 0.4) is 0 Å². The second-order valence-electron chi connectivity index (χ2n) is 3.29. The summed E-state index contributed by atoms with van der Waals surface area (Å²) in [5.74, 6) is 1.70. The van der Waals surface area contributed by atoms with Crippen molar-refractivity contribution in [2.75, 3.05) is 13.1 Å². The van der Waals surface area contributed by atoms with Crippen LogP contribution in [0.4, 0.5) is 0 Å². The van der Waals surface area contributed by atoms with Gasteiger partial charge in [-0.25, -0.2) is 4.42 Å². The molecule has 1 heterocycles. The van der Waals surface area contributed by atoms with E-state index in [0.29, 0.717) is 0 Å². The molecule has 1 aliphatic carbocycles. The zero-order chi connectivity index (χ0) is 6.97. The van der Waals surface area contributed by atoms with Gasteiger partial charge in [0.05, 0.1) is 0 Å². The molecule has 2 heteroatoms. The highest BCUT2D eigenvalue weighted by Gasteiger charge is 2.31. The number of nitrogens with zero attached hydrogens (tertiary/aromatic N) is 1. The molecule has 0 bridgehead atoms. The summed E-state index contributed by atoms with van der Waals surface area (Å²) >= 11 is 5.89. The van der Waals surface area contributed by atoms with Crippen molar-refractivity contribution in [3.63, 3.8) is 0 Å². The molecule has 2 atom stereocenters. The predicted octanol–water partition coefficient (Wildman–Crippen LogP) is 2.04. The Morgan fingerprint density at radius 3 is 2.10 bits per heavy atom. The van der Waals surface area contributed by atoms with Crippen LogP contribution in [0.5, 0.6) is 0 Å². The Balaban J connectivity index is 2.05. The van der Waals surface area contributed by atoms with E-state index in [1.165, 1.54) is 12.8 Å². The summed E-state index contributed by atoms with van der Waals surface area (Å²) in [7, 11) is 0. The van der Waals surface area contributed by atoms with Crippen LogP contribution in [-0.2, 0) is 0 Å². The largest absolute Gasteiger partial charge is 0.220 e. The van der Waals surface area contributed by atoms with Crippen LogP contribution in [0.1, 0.15) is 12.8 Å². The van der Waals surface area contributed by atoms with Gasteiger partial charge >= 0.3 is 0 Å². The lowest BCUT2D eigenvalue weighted by Crippen LogP contribution is -2.13. The van der Waals surface area contributed by atoms with Crippen molar-refractivity contribution in [2.24, 2.45) is 11.8 Å². The fourth-order valence-electron chi connectivity index (χ4n) is 1.96. The fourth-order valence-corrected chi connectivity index (χ4v) is 2.31. The van der Waals surface area contributed by atoms with Gasteiger partial charge in [-0.15, -0.1) is 0 Å². The van der Waals surface area contributed by atoms with Crippen LogP contribution in [0.15, 0.2) is 12.2 Å². The number of fused-ring (bicyclic) bond motifs is 1. The van der Waals surface area contributed by atoms with E-state index in [0.717, 1.165) is 24.9 Å². The lowest BCUT2D eigenvalue weighted by molar-refractivity contribution is 0.411. The Morgan fingerprint density at radius 1 is 1.10 bits per heavy atom. The van der Waals surface area contributed by atoms with Crippen LogP contribution in [0.25, 0.3) is 0 Å². The highest BCUT2D eigenvalue weighted by Crippen LogP contribution is 2.33. The first kappa shape index (κ1) is 6.68. The number of hydrogen-bond acceptors (Lipinski definition) is 1. The minimum absolute atomic E-state index is 0.850. The van der Waals surface area contributed by atoms with Crippen LogP contribution in [-0.4, -0.2) is 17.5 Å². The topological polar surface area (TPSA) is 3.24 Å². The van der Waals surface area contributed by atoms with E-state index >= 15 is 0 Å². The summed E-state index contributed by atoms with van der Waals surface area (Å²) < 4.78 is 1.93. The Bertz CT molecular complexity index is 139. The van der Waals surface area contributed by atoms with Crippen molar-refractivity contribution in [1.29, 1.82) is 0 Å². The summed E-state index contributed by atoms with van der Waals surface area (Å²) in [5.41, 5.74) is 0. The molecule has 10 heavy (non-hydrogen) atoms. The first-order valence-corrected chi connectivity index (χ1v) is 4.26. The molecular weight excluding hydrogens is 146 g/mol. The summed E-state index contributed by atoms with van der Waals surface area (Å²) in [4.78, 5) is 0. The molecule has 1 saturated heterocycles. The number of halogens is 1. The first-order valence-electron chi connectivity index (χ1n) is 3.92. The number of rotatable bonds is 0. The number of allylic oxidation sites excluding steroid dienone is 2. The monoisotopic (exact) mass is 157 g/mol. The molecule has 1 fully saturated rings. The highest BCUT2D eigenvalue weighted by molar-refractivity contribution is 6.13. The molecule has 0 aromatic heterocycles. The fraction of sp³-hybridized carbons (Fsp3) is 0.750. The third kappa shape index (κ3) is 1.08. The van der Waals surface area contributed by atoms with Gasteiger partial charge < -0.3 is 0 Å². The molecule has 0 aromatic carbocycles. The van der Waals surface area contributed by atoms with Gasteiger partial charge in [0, 0.05) is 13.1 Å². The predicted molar refractivity (Wildman–Crippen MR) is 42.8 cm³/mol. The Morgan fingerprint density at radius 2 is 1.60 bits per heavy atom. The Labute approximate surface area is 66.8 Å². The Hall–Kier alpha value is -0.0100. The van der Waals surface area contributed by atoms with Crippen LogP contribution >= 0.6 is 11.8 Å². The molecular formula is C8H12ClN. The van der Waals surface area contributed by atoms with Gasteiger partial charge in [0.15, 0.2) is 0 Å². The van der Waals surface area contributed by atoms with E-state index in [9.17, 15) is 0 Å². The molecule has 1 nitrogen and oxygen atoms in total. The molecule has 1 aliphatic heterocycles. The molecule has 0 radical (unpaired) electrons. The Kier molecular flexibility index (Phi) is 1.71. The van der Waals surface area contributed by atoms with Crippen molar-refractivity contribution in [3.8, 4) is 0 Å². The van der Waals surface area contributed by atoms with Crippen LogP contribution < -0.4 is 0 Å². The normalized spacial score (nSPS) is 40.1. The average molecular weight is 158 g/mol. The minimum atomic E-state index is 0.850. The molecule has 0 unspecified atom stereocenters. The smallest absolute Gasteiger partial charge is 0.0173 e. The summed E-state index contributed by atoms with van der Waals surface area (Å²) in [6.07, 6.45) is 7.07. The highest BCUT2D eigenvalue weighted by atomic mass is 35.5. The summed E-state index contributed by atoms with van der Waals surface area (Å²) in [6.45, 7) is 2.19. The molecule has 0 N–H and O–H groups in total. The summed E-state index contributed by atoms with van der Waals surface area (Å²) in [5, 5.41) is 0. The standard InChI is InChI=1S/C8H12ClN/c9-10-5-7-3-1-2-4-8(7)6-10/h1-2,7-8H,3-6H2/t7-,8+. The summed E-state index contributed by atoms with van der Waals surface area (Å²) in [6, 6.07) is 0. The van der Waals surface area contributed by atoms with E-state index in [4.69, 9.17) is 11.8 Å². The quantitative estimate of drug-likeness (QED) is 0.384. The van der Waals surface area contributed by atoms with Gasteiger partial charge in [0.25, 0.3) is 0 Å². The third-order valence-electron chi connectivity index (χ3n) is 2.58. The maximum Gasteiger partial charge on any atom is 0.0173 e. The average Bonchev–Trinajstić information content (AvgIpc) is 2.27. The van der Waals surface area contributed by atoms with E-state index in [2.05, 4.69) is 12.2 Å². The van der Waals surface area contributed by atoms with Crippen molar-refractivity contribution >= 4 is 11.8 Å². The van der Waals surface area contributed by atoms with E-state index in [1.54, 1.807) is 0 Å². The lowest BCUT2D eigenvalue weighted by Gasteiger charge is -2.18. The van der Waals surface area contributed by atoms with Gasteiger partial charge in [-0.05, 0) is 36.5 Å². The second kappa shape index (κ2) is 2.55. The van der Waals surface area contributed by atoms with E-state index in [-0.39, 0.29) is 0 Å². The first-order chi connectivity index (χ1) is 4.86. The molecule has 0 aromatic rings. The van der Waals surface area contributed by atoms with E-state index < -0.39 is 0 Å². The lowest BCUT2D eigenvalue weighted by atomic mass is 9.86. The van der Waals surface area contributed by atoms with Gasteiger partial charge in [0.1, 0.15) is 0 Å². The molecule has 56 valence electrons. The minimum Gasteiger partial charge on any atom is -0.220 e. The second-order valence-corrected chi connectivity index (χ2v) is 3.77. The SMILES string of the molecule is ClN1C[C@H]2CC=CC[C@H]2C1. The molecule has 0 spiro atoms. The zero-order valence-corrected chi connectivity index (χ0v) is 6.72.